The van der Waals surface area contributed by atoms with E-state index in [1.807, 2.05) is 0 Å². The van der Waals surface area contributed by atoms with E-state index >= 15 is 0 Å². The maximum Gasteiger partial charge on any atom is 0.278 e. The van der Waals surface area contributed by atoms with E-state index in [4.69, 9.17) is 5.21 Å². The second kappa shape index (κ2) is 10.8. The lowest BCUT2D eigenvalue weighted by Crippen LogP contribution is -2.18. The van der Waals surface area contributed by atoms with Gasteiger partial charge in [-0.15, -0.1) is 0 Å². The molecule has 0 atom stereocenters. The van der Waals surface area contributed by atoms with Crippen molar-refractivity contribution in [2.45, 2.75) is 38.5 Å². The van der Waals surface area contributed by atoms with Crippen LogP contribution >= 0.6 is 0 Å². The van der Waals surface area contributed by atoms with Gasteiger partial charge in [0.05, 0.1) is 16.7 Å². The number of nitrogens with one attached hydrogen (secondary N) is 2. The standard InChI is InChI=1S/C15H20N4O5/c20-14(9-3-1-2-4-10-15(21)18-22)17-16-11-12-7-5-6-8-13(12)19(23)24/h5-8,11,22H,1-4,9-10H2,(H,17,20)(H,18,21)/b16-11+. The highest BCUT2D eigenvalue weighted by Gasteiger charge is 2.10. The molecule has 0 aliphatic heterocycles. The first kappa shape index (κ1) is 19.2. The topological polar surface area (TPSA) is 134 Å². The fraction of sp³-hybridized carbons (Fsp3) is 0.400. The van der Waals surface area contributed by atoms with Gasteiger partial charge in [0.1, 0.15) is 0 Å². The van der Waals surface area contributed by atoms with Gasteiger partial charge in [-0.1, -0.05) is 25.0 Å². The highest BCUT2D eigenvalue weighted by atomic mass is 16.6. The first-order valence-corrected chi connectivity index (χ1v) is 7.53. The van der Waals surface area contributed by atoms with Crippen molar-refractivity contribution in [2.75, 3.05) is 0 Å². The molecule has 1 aromatic carbocycles. The van der Waals surface area contributed by atoms with Crippen molar-refractivity contribution in [1.29, 1.82) is 0 Å². The number of nitro groups is 1. The van der Waals surface area contributed by atoms with Crippen LogP contribution in [0.4, 0.5) is 5.69 Å². The Balaban J connectivity index is 2.25. The third kappa shape index (κ3) is 7.45. The SMILES string of the molecule is O=C(CCCCCCC(=O)N/N=C/c1ccccc1[N+](=O)[O-])NO. The summed E-state index contributed by atoms with van der Waals surface area (Å²) >= 11 is 0. The number of rotatable bonds is 10. The smallest absolute Gasteiger partial charge is 0.278 e. The van der Waals surface area contributed by atoms with E-state index in [9.17, 15) is 19.7 Å². The minimum absolute atomic E-state index is 0.0811. The van der Waals surface area contributed by atoms with Gasteiger partial charge in [-0.05, 0) is 18.9 Å². The molecule has 0 aliphatic carbocycles. The number of carbonyl (C=O) groups is 2. The fourth-order valence-corrected chi connectivity index (χ4v) is 1.97. The van der Waals surface area contributed by atoms with Crippen LogP contribution in [-0.2, 0) is 9.59 Å². The van der Waals surface area contributed by atoms with Crippen LogP contribution in [0.25, 0.3) is 0 Å². The third-order valence-corrected chi connectivity index (χ3v) is 3.21. The fourth-order valence-electron chi connectivity index (χ4n) is 1.97. The molecule has 0 aliphatic rings. The van der Waals surface area contributed by atoms with E-state index in [0.717, 1.165) is 12.8 Å². The van der Waals surface area contributed by atoms with Crippen molar-refractivity contribution >= 4 is 23.7 Å². The molecular weight excluding hydrogens is 316 g/mol. The number of benzene rings is 1. The zero-order chi connectivity index (χ0) is 17.8. The summed E-state index contributed by atoms with van der Waals surface area (Å²) in [5, 5.41) is 22.9. The Kier molecular flexibility index (Phi) is 8.69. The molecule has 0 spiro atoms. The van der Waals surface area contributed by atoms with Crippen molar-refractivity contribution in [3.05, 3.63) is 39.9 Å². The number of amides is 2. The van der Waals surface area contributed by atoms with E-state index in [1.54, 1.807) is 17.6 Å². The Morgan fingerprint density at radius 3 is 2.38 bits per heavy atom. The van der Waals surface area contributed by atoms with E-state index < -0.39 is 10.8 Å². The van der Waals surface area contributed by atoms with E-state index in [-0.39, 0.29) is 24.4 Å². The zero-order valence-electron chi connectivity index (χ0n) is 13.1. The van der Waals surface area contributed by atoms with Crippen LogP contribution in [0.2, 0.25) is 0 Å². The molecule has 2 amide bonds. The average molecular weight is 336 g/mol. The van der Waals surface area contributed by atoms with Crippen molar-refractivity contribution in [3.8, 4) is 0 Å². The Morgan fingerprint density at radius 2 is 1.75 bits per heavy atom. The first-order valence-electron chi connectivity index (χ1n) is 7.53. The van der Waals surface area contributed by atoms with Gasteiger partial charge in [0.15, 0.2) is 0 Å². The number of para-hydroxylation sites is 1. The Morgan fingerprint density at radius 1 is 1.12 bits per heavy atom. The van der Waals surface area contributed by atoms with Gasteiger partial charge in [-0.25, -0.2) is 10.9 Å². The van der Waals surface area contributed by atoms with Crippen molar-refractivity contribution in [3.63, 3.8) is 0 Å². The molecule has 0 saturated heterocycles. The van der Waals surface area contributed by atoms with Crippen molar-refractivity contribution in [2.24, 2.45) is 5.10 Å². The summed E-state index contributed by atoms with van der Waals surface area (Å²) in [5.41, 5.74) is 4.12. The Hall–Kier alpha value is -2.81. The predicted octanol–water partition coefficient (Wildman–Crippen LogP) is 1.89. The van der Waals surface area contributed by atoms with Gasteiger partial charge in [-0.3, -0.25) is 24.9 Å². The van der Waals surface area contributed by atoms with Crippen LogP contribution in [0.1, 0.15) is 44.1 Å². The van der Waals surface area contributed by atoms with Gasteiger partial charge < -0.3 is 0 Å². The number of unbranched alkanes of at least 4 members (excludes halogenated alkanes) is 3. The Bertz CT molecular complexity index is 603. The molecule has 0 bridgehead atoms. The molecule has 0 radical (unpaired) electrons. The molecule has 0 unspecified atom stereocenters. The summed E-state index contributed by atoms with van der Waals surface area (Å²) in [5.74, 6) is -0.699. The third-order valence-electron chi connectivity index (χ3n) is 3.21. The molecule has 1 rings (SSSR count). The molecule has 9 nitrogen and oxygen atoms in total. The average Bonchev–Trinajstić information content (AvgIpc) is 2.58. The normalized spacial score (nSPS) is 10.5. The second-order valence-electron chi connectivity index (χ2n) is 5.06. The molecule has 24 heavy (non-hydrogen) atoms. The largest absolute Gasteiger partial charge is 0.289 e. The summed E-state index contributed by atoms with van der Waals surface area (Å²) in [4.78, 5) is 32.7. The molecule has 0 aromatic heterocycles. The highest BCUT2D eigenvalue weighted by molar-refractivity contribution is 5.86. The predicted molar refractivity (Wildman–Crippen MR) is 86.5 cm³/mol. The van der Waals surface area contributed by atoms with E-state index in [2.05, 4.69) is 10.5 Å². The molecule has 9 heteroatoms. The van der Waals surface area contributed by atoms with E-state index in [0.29, 0.717) is 18.4 Å². The highest BCUT2D eigenvalue weighted by Crippen LogP contribution is 2.15. The lowest BCUT2D eigenvalue weighted by atomic mass is 10.1. The number of hydrogen-bond acceptors (Lipinski definition) is 6. The minimum Gasteiger partial charge on any atom is -0.289 e. The van der Waals surface area contributed by atoms with Crippen LogP contribution in [0.15, 0.2) is 29.4 Å². The molecule has 1 aromatic rings. The number of hydrazone groups is 1. The van der Waals surface area contributed by atoms with Crippen LogP contribution < -0.4 is 10.9 Å². The first-order chi connectivity index (χ1) is 11.5. The summed E-state index contributed by atoms with van der Waals surface area (Å²) in [6.45, 7) is 0. The lowest BCUT2D eigenvalue weighted by molar-refractivity contribution is -0.385. The summed E-state index contributed by atoms with van der Waals surface area (Å²) < 4.78 is 0. The summed E-state index contributed by atoms with van der Waals surface area (Å²) in [6.07, 6.45) is 4.62. The second-order valence-corrected chi connectivity index (χ2v) is 5.06. The molecular formula is C15H20N4O5. The molecule has 3 N–H and O–H groups in total. The number of nitro benzene ring substituents is 1. The van der Waals surface area contributed by atoms with Gasteiger partial charge in [0.25, 0.3) is 5.69 Å². The van der Waals surface area contributed by atoms with Gasteiger partial charge in [-0.2, -0.15) is 5.10 Å². The molecule has 0 saturated carbocycles. The maximum atomic E-state index is 11.6. The van der Waals surface area contributed by atoms with Gasteiger partial charge in [0, 0.05) is 18.9 Å². The minimum atomic E-state index is -0.514. The van der Waals surface area contributed by atoms with Crippen LogP contribution in [0.5, 0.6) is 0 Å². The maximum absolute atomic E-state index is 11.6. The lowest BCUT2D eigenvalue weighted by Gasteiger charge is -2.01. The van der Waals surface area contributed by atoms with Crippen LogP contribution in [0, 0.1) is 10.1 Å². The number of carbonyl (C=O) groups excluding carboxylic acids is 2. The Labute approximate surface area is 138 Å². The monoisotopic (exact) mass is 336 g/mol. The summed E-state index contributed by atoms with van der Waals surface area (Å²) in [6, 6.07) is 6.10. The summed E-state index contributed by atoms with van der Waals surface area (Å²) in [7, 11) is 0. The number of hydrogen-bond donors (Lipinski definition) is 3. The van der Waals surface area contributed by atoms with Crippen LogP contribution in [0.3, 0.4) is 0 Å². The molecule has 0 heterocycles. The van der Waals surface area contributed by atoms with Gasteiger partial charge >= 0.3 is 0 Å². The van der Waals surface area contributed by atoms with Gasteiger partial charge in [0.2, 0.25) is 11.8 Å². The van der Waals surface area contributed by atoms with Crippen molar-refractivity contribution < 1.29 is 19.7 Å². The van der Waals surface area contributed by atoms with E-state index in [1.165, 1.54) is 18.3 Å². The zero-order valence-corrected chi connectivity index (χ0v) is 13.1. The molecule has 0 fully saturated rings. The van der Waals surface area contributed by atoms with Crippen molar-refractivity contribution in [1.82, 2.24) is 10.9 Å². The molecule has 130 valence electrons. The number of nitrogens with zero attached hydrogens (tertiary/aromatic N) is 2. The number of hydroxylamine groups is 1. The van der Waals surface area contributed by atoms with Crippen LogP contribution in [-0.4, -0.2) is 28.2 Å². The quantitative estimate of drug-likeness (QED) is 0.197.